The number of carbonyl (C=O) groups is 1. The van der Waals surface area contributed by atoms with Crippen LogP contribution in [0.3, 0.4) is 0 Å². The van der Waals surface area contributed by atoms with Crippen molar-refractivity contribution in [3.63, 3.8) is 0 Å². The number of nitrogens with one attached hydrogen (secondary N) is 2. The average molecular weight is 353 g/mol. The van der Waals surface area contributed by atoms with E-state index in [1.165, 1.54) is 12.3 Å². The van der Waals surface area contributed by atoms with E-state index < -0.39 is 11.6 Å². The number of hydrogen-bond acceptors (Lipinski definition) is 3. The molecule has 0 bridgehead atoms. The standard InChI is InChI=1S/C20H17F2N3O/c1-13-3-2-4-14(9-13)12-24-20(26)19-11-16(7-8-23-19)25-15-5-6-17(21)18(22)10-15/h2-11H,12H2,1H3,(H,23,25)(H,24,26). The predicted octanol–water partition coefficient (Wildman–Crippen LogP) is 4.34. The molecule has 132 valence electrons. The lowest BCUT2D eigenvalue weighted by Gasteiger charge is -2.09. The van der Waals surface area contributed by atoms with Gasteiger partial charge in [0.15, 0.2) is 11.6 Å². The highest BCUT2D eigenvalue weighted by Crippen LogP contribution is 2.19. The number of aryl methyl sites for hydroxylation is 1. The summed E-state index contributed by atoms with van der Waals surface area (Å²) in [6, 6.07) is 14.5. The topological polar surface area (TPSA) is 54.0 Å². The largest absolute Gasteiger partial charge is 0.355 e. The Kier molecular flexibility index (Phi) is 5.22. The van der Waals surface area contributed by atoms with Gasteiger partial charge >= 0.3 is 0 Å². The molecule has 1 heterocycles. The van der Waals surface area contributed by atoms with Gasteiger partial charge in [0.2, 0.25) is 0 Å². The summed E-state index contributed by atoms with van der Waals surface area (Å²) in [7, 11) is 0. The lowest BCUT2D eigenvalue weighted by Crippen LogP contribution is -2.23. The summed E-state index contributed by atoms with van der Waals surface area (Å²) in [6.07, 6.45) is 1.48. The number of anilines is 2. The van der Waals surface area contributed by atoms with Gasteiger partial charge in [0.05, 0.1) is 0 Å². The van der Waals surface area contributed by atoms with Gasteiger partial charge in [-0.05, 0) is 36.8 Å². The SMILES string of the molecule is Cc1cccc(CNC(=O)c2cc(Nc3ccc(F)c(F)c3)ccn2)c1. The summed E-state index contributed by atoms with van der Waals surface area (Å²) in [5.74, 6) is -2.18. The second-order valence-corrected chi connectivity index (χ2v) is 5.86. The summed E-state index contributed by atoms with van der Waals surface area (Å²) in [5.41, 5.74) is 3.26. The zero-order chi connectivity index (χ0) is 18.5. The molecule has 0 aliphatic carbocycles. The highest BCUT2D eigenvalue weighted by Gasteiger charge is 2.09. The fourth-order valence-corrected chi connectivity index (χ4v) is 2.47. The van der Waals surface area contributed by atoms with Gasteiger partial charge in [-0.15, -0.1) is 0 Å². The molecule has 2 N–H and O–H groups in total. The molecule has 0 aliphatic heterocycles. The molecule has 0 aliphatic rings. The van der Waals surface area contributed by atoms with Gasteiger partial charge < -0.3 is 10.6 Å². The first-order valence-corrected chi connectivity index (χ1v) is 8.03. The number of carbonyl (C=O) groups excluding carboxylic acids is 1. The van der Waals surface area contributed by atoms with Gasteiger partial charge in [0.1, 0.15) is 5.69 Å². The first-order valence-electron chi connectivity index (χ1n) is 8.03. The fourth-order valence-electron chi connectivity index (χ4n) is 2.47. The molecular formula is C20H17F2N3O. The van der Waals surface area contributed by atoms with E-state index in [4.69, 9.17) is 0 Å². The van der Waals surface area contributed by atoms with Crippen LogP contribution in [0, 0.1) is 18.6 Å². The molecule has 1 amide bonds. The van der Waals surface area contributed by atoms with Crippen LogP contribution in [0.1, 0.15) is 21.6 Å². The van der Waals surface area contributed by atoms with Crippen LogP contribution in [0.15, 0.2) is 60.8 Å². The van der Waals surface area contributed by atoms with Crippen LogP contribution in [0.4, 0.5) is 20.2 Å². The van der Waals surface area contributed by atoms with Crippen molar-refractivity contribution in [3.05, 3.63) is 89.2 Å². The van der Waals surface area contributed by atoms with Crippen LogP contribution < -0.4 is 10.6 Å². The van der Waals surface area contributed by atoms with Crippen molar-refractivity contribution >= 4 is 17.3 Å². The molecule has 0 spiro atoms. The smallest absolute Gasteiger partial charge is 0.270 e. The summed E-state index contributed by atoms with van der Waals surface area (Å²) < 4.78 is 26.3. The molecule has 2 aromatic carbocycles. The maximum atomic E-state index is 13.3. The molecule has 1 aromatic heterocycles. The Morgan fingerprint density at radius 3 is 2.58 bits per heavy atom. The quantitative estimate of drug-likeness (QED) is 0.717. The second-order valence-electron chi connectivity index (χ2n) is 5.86. The molecule has 0 atom stereocenters. The maximum Gasteiger partial charge on any atom is 0.270 e. The Labute approximate surface area is 149 Å². The number of halogens is 2. The third-order valence-electron chi connectivity index (χ3n) is 3.74. The first kappa shape index (κ1) is 17.5. The Morgan fingerprint density at radius 2 is 1.81 bits per heavy atom. The lowest BCUT2D eigenvalue weighted by atomic mass is 10.1. The Balaban J connectivity index is 1.67. The van der Waals surface area contributed by atoms with Crippen LogP contribution in [0.2, 0.25) is 0 Å². The van der Waals surface area contributed by atoms with E-state index in [0.29, 0.717) is 17.9 Å². The van der Waals surface area contributed by atoms with Gasteiger partial charge in [0, 0.05) is 30.2 Å². The Morgan fingerprint density at radius 1 is 1.00 bits per heavy atom. The molecule has 0 saturated carbocycles. The number of aromatic nitrogens is 1. The molecule has 0 unspecified atom stereocenters. The van der Waals surface area contributed by atoms with E-state index in [1.54, 1.807) is 12.1 Å². The van der Waals surface area contributed by atoms with Crippen LogP contribution in [-0.2, 0) is 6.54 Å². The van der Waals surface area contributed by atoms with E-state index in [2.05, 4.69) is 15.6 Å². The minimum absolute atomic E-state index is 0.227. The van der Waals surface area contributed by atoms with Gasteiger partial charge in [-0.25, -0.2) is 8.78 Å². The summed E-state index contributed by atoms with van der Waals surface area (Å²) in [6.45, 7) is 2.38. The second kappa shape index (κ2) is 7.74. The number of hydrogen-bond donors (Lipinski definition) is 2. The van der Waals surface area contributed by atoms with Crippen molar-refractivity contribution in [1.82, 2.24) is 10.3 Å². The molecule has 0 radical (unpaired) electrons. The zero-order valence-corrected chi connectivity index (χ0v) is 14.1. The molecule has 3 aromatic rings. The number of rotatable bonds is 5. The van der Waals surface area contributed by atoms with Crippen molar-refractivity contribution in [2.75, 3.05) is 5.32 Å². The highest BCUT2D eigenvalue weighted by molar-refractivity contribution is 5.93. The van der Waals surface area contributed by atoms with Gasteiger partial charge in [0.25, 0.3) is 5.91 Å². The van der Waals surface area contributed by atoms with Crippen LogP contribution in [-0.4, -0.2) is 10.9 Å². The monoisotopic (exact) mass is 353 g/mol. The molecule has 0 saturated heterocycles. The number of amides is 1. The van der Waals surface area contributed by atoms with E-state index in [-0.39, 0.29) is 11.6 Å². The molecular weight excluding hydrogens is 336 g/mol. The minimum atomic E-state index is -0.944. The number of nitrogens with zero attached hydrogens (tertiary/aromatic N) is 1. The molecule has 26 heavy (non-hydrogen) atoms. The third kappa shape index (κ3) is 4.42. The molecule has 6 heteroatoms. The van der Waals surface area contributed by atoms with Crippen LogP contribution in [0.25, 0.3) is 0 Å². The van der Waals surface area contributed by atoms with Crippen LogP contribution >= 0.6 is 0 Å². The molecule has 3 rings (SSSR count). The van der Waals surface area contributed by atoms with E-state index >= 15 is 0 Å². The summed E-state index contributed by atoms with van der Waals surface area (Å²) >= 11 is 0. The lowest BCUT2D eigenvalue weighted by molar-refractivity contribution is 0.0946. The van der Waals surface area contributed by atoms with E-state index in [0.717, 1.165) is 23.3 Å². The van der Waals surface area contributed by atoms with Crippen LogP contribution in [0.5, 0.6) is 0 Å². The highest BCUT2D eigenvalue weighted by atomic mass is 19.2. The summed E-state index contributed by atoms with van der Waals surface area (Å²) in [5, 5.41) is 5.73. The Bertz CT molecular complexity index is 944. The number of benzene rings is 2. The summed E-state index contributed by atoms with van der Waals surface area (Å²) in [4.78, 5) is 16.4. The van der Waals surface area contributed by atoms with Crippen molar-refractivity contribution in [1.29, 1.82) is 0 Å². The molecule has 4 nitrogen and oxygen atoms in total. The van der Waals surface area contributed by atoms with Gasteiger partial charge in [-0.3, -0.25) is 9.78 Å². The van der Waals surface area contributed by atoms with E-state index in [1.807, 2.05) is 31.2 Å². The van der Waals surface area contributed by atoms with Crippen molar-refractivity contribution in [2.24, 2.45) is 0 Å². The number of pyridine rings is 1. The van der Waals surface area contributed by atoms with Gasteiger partial charge in [-0.1, -0.05) is 29.8 Å². The van der Waals surface area contributed by atoms with Crippen molar-refractivity contribution < 1.29 is 13.6 Å². The van der Waals surface area contributed by atoms with E-state index in [9.17, 15) is 13.6 Å². The first-order chi connectivity index (χ1) is 12.5. The van der Waals surface area contributed by atoms with Crippen molar-refractivity contribution in [3.8, 4) is 0 Å². The minimum Gasteiger partial charge on any atom is -0.355 e. The zero-order valence-electron chi connectivity index (χ0n) is 14.1. The predicted molar refractivity (Wildman–Crippen MR) is 96.2 cm³/mol. The van der Waals surface area contributed by atoms with Crippen molar-refractivity contribution in [2.45, 2.75) is 13.5 Å². The van der Waals surface area contributed by atoms with Gasteiger partial charge in [-0.2, -0.15) is 0 Å². The Hall–Kier alpha value is -3.28. The maximum absolute atomic E-state index is 13.3. The average Bonchev–Trinajstić information content (AvgIpc) is 2.63. The third-order valence-corrected chi connectivity index (χ3v) is 3.74. The molecule has 0 fully saturated rings. The fraction of sp³-hybridized carbons (Fsp3) is 0.100. The normalized spacial score (nSPS) is 10.4.